The normalized spacial score (nSPS) is 9.73. The van der Waals surface area contributed by atoms with Gasteiger partial charge in [0.1, 0.15) is 11.3 Å². The number of rotatable bonds is 4. The van der Waals surface area contributed by atoms with Gasteiger partial charge >= 0.3 is 5.97 Å². The lowest BCUT2D eigenvalue weighted by Gasteiger charge is -2.10. The Balaban J connectivity index is 2.95. The molecule has 0 saturated carbocycles. The molecule has 0 radical (unpaired) electrons. The molecule has 0 amide bonds. The van der Waals surface area contributed by atoms with Crippen molar-refractivity contribution in [2.24, 2.45) is 0 Å². The zero-order chi connectivity index (χ0) is 11.3. The van der Waals surface area contributed by atoms with Crippen LogP contribution in [0.1, 0.15) is 23.7 Å². The predicted octanol–water partition coefficient (Wildman–Crippen LogP) is 1.84. The summed E-state index contributed by atoms with van der Waals surface area (Å²) in [5.74, 6) is 0.00269. The van der Waals surface area contributed by atoms with E-state index < -0.39 is 5.97 Å². The maximum absolute atomic E-state index is 11.6. The van der Waals surface area contributed by atoms with Crippen molar-refractivity contribution in [1.82, 2.24) is 0 Å². The summed E-state index contributed by atoms with van der Waals surface area (Å²) in [7, 11) is 1.49. The van der Waals surface area contributed by atoms with E-state index in [0.29, 0.717) is 23.6 Å². The average molecular weight is 209 g/mol. The molecular weight excluding hydrogens is 194 g/mol. The third-order valence-corrected chi connectivity index (χ3v) is 1.92. The summed E-state index contributed by atoms with van der Waals surface area (Å²) in [6.45, 7) is 2.31. The first kappa shape index (κ1) is 11.4. The van der Waals surface area contributed by atoms with Gasteiger partial charge in [0.25, 0.3) is 0 Å². The number of benzene rings is 1. The fourth-order valence-corrected chi connectivity index (χ4v) is 1.20. The molecule has 0 bridgehead atoms. The molecule has 0 heterocycles. The van der Waals surface area contributed by atoms with Gasteiger partial charge in [-0.05, 0) is 18.6 Å². The highest BCUT2D eigenvalue weighted by Crippen LogP contribution is 2.24. The van der Waals surface area contributed by atoms with Crippen molar-refractivity contribution < 1.29 is 14.3 Å². The number of carbonyl (C=O) groups excluding carboxylic acids is 1. The predicted molar refractivity (Wildman–Crippen MR) is 58.0 cm³/mol. The summed E-state index contributed by atoms with van der Waals surface area (Å²) in [5, 5.41) is 0. The highest BCUT2D eigenvalue weighted by atomic mass is 16.5. The van der Waals surface area contributed by atoms with Gasteiger partial charge in [0.15, 0.2) is 0 Å². The number of esters is 1. The number of hydrogen-bond acceptors (Lipinski definition) is 4. The number of methoxy groups -OCH3 is 1. The second-order valence-electron chi connectivity index (χ2n) is 3.06. The quantitative estimate of drug-likeness (QED) is 0.607. The van der Waals surface area contributed by atoms with Crippen LogP contribution in [-0.2, 0) is 4.74 Å². The molecule has 4 nitrogen and oxygen atoms in total. The molecule has 0 fully saturated rings. The Morgan fingerprint density at radius 1 is 1.47 bits per heavy atom. The molecule has 0 aliphatic carbocycles. The van der Waals surface area contributed by atoms with E-state index in [2.05, 4.69) is 0 Å². The molecule has 0 saturated heterocycles. The number of nitrogens with two attached hydrogens (primary N) is 1. The number of nitrogen functional groups attached to an aromatic ring is 1. The lowest BCUT2D eigenvalue weighted by atomic mass is 10.1. The number of carbonyl (C=O) groups is 1. The summed E-state index contributed by atoms with van der Waals surface area (Å²) in [5.41, 5.74) is 6.36. The molecule has 82 valence electrons. The fourth-order valence-electron chi connectivity index (χ4n) is 1.20. The SMILES string of the molecule is CCCOC(=O)c1c(N)cccc1OC. The minimum Gasteiger partial charge on any atom is -0.496 e. The molecule has 0 aromatic heterocycles. The molecule has 15 heavy (non-hydrogen) atoms. The van der Waals surface area contributed by atoms with Crippen molar-refractivity contribution in [1.29, 1.82) is 0 Å². The molecular formula is C11H15NO3. The van der Waals surface area contributed by atoms with Gasteiger partial charge in [0.2, 0.25) is 0 Å². The van der Waals surface area contributed by atoms with Crippen LogP contribution in [0.15, 0.2) is 18.2 Å². The van der Waals surface area contributed by atoms with Crippen LogP contribution in [0.4, 0.5) is 5.69 Å². The summed E-state index contributed by atoms with van der Waals surface area (Å²) in [6, 6.07) is 5.05. The zero-order valence-corrected chi connectivity index (χ0v) is 8.95. The minimum absolute atomic E-state index is 0.299. The first-order valence-corrected chi connectivity index (χ1v) is 4.80. The molecule has 0 aliphatic rings. The summed E-state index contributed by atoms with van der Waals surface area (Å²) < 4.78 is 10.0. The first-order valence-electron chi connectivity index (χ1n) is 4.80. The summed E-state index contributed by atoms with van der Waals surface area (Å²) in [6.07, 6.45) is 0.779. The van der Waals surface area contributed by atoms with Crippen molar-refractivity contribution >= 4 is 11.7 Å². The molecule has 0 spiro atoms. The van der Waals surface area contributed by atoms with E-state index in [1.54, 1.807) is 18.2 Å². The van der Waals surface area contributed by atoms with E-state index in [4.69, 9.17) is 15.2 Å². The fraction of sp³-hybridized carbons (Fsp3) is 0.364. The summed E-state index contributed by atoms with van der Waals surface area (Å²) in [4.78, 5) is 11.6. The second-order valence-corrected chi connectivity index (χ2v) is 3.06. The van der Waals surface area contributed by atoms with Crippen molar-refractivity contribution in [2.45, 2.75) is 13.3 Å². The van der Waals surface area contributed by atoms with Gasteiger partial charge in [-0.3, -0.25) is 0 Å². The van der Waals surface area contributed by atoms with Crippen LogP contribution in [0, 0.1) is 0 Å². The van der Waals surface area contributed by atoms with Crippen LogP contribution in [-0.4, -0.2) is 19.7 Å². The second kappa shape index (κ2) is 5.24. The highest BCUT2D eigenvalue weighted by Gasteiger charge is 2.16. The molecule has 1 aromatic carbocycles. The van der Waals surface area contributed by atoms with E-state index in [1.165, 1.54) is 7.11 Å². The van der Waals surface area contributed by atoms with Gasteiger partial charge in [-0.25, -0.2) is 4.79 Å². The molecule has 0 atom stereocenters. The lowest BCUT2D eigenvalue weighted by Crippen LogP contribution is -2.10. The van der Waals surface area contributed by atoms with Crippen LogP contribution in [0.5, 0.6) is 5.75 Å². The van der Waals surface area contributed by atoms with E-state index in [1.807, 2.05) is 6.92 Å². The van der Waals surface area contributed by atoms with E-state index in [-0.39, 0.29) is 0 Å². The zero-order valence-electron chi connectivity index (χ0n) is 8.95. The molecule has 1 rings (SSSR count). The Kier molecular flexibility index (Phi) is 3.97. The van der Waals surface area contributed by atoms with Crippen LogP contribution in [0.2, 0.25) is 0 Å². The Labute approximate surface area is 89.0 Å². The number of hydrogen-bond donors (Lipinski definition) is 1. The van der Waals surface area contributed by atoms with E-state index in [0.717, 1.165) is 6.42 Å². The van der Waals surface area contributed by atoms with Crippen LogP contribution in [0.3, 0.4) is 0 Å². The maximum Gasteiger partial charge on any atom is 0.344 e. The Bertz CT molecular complexity index is 350. The van der Waals surface area contributed by atoms with Gasteiger partial charge in [0.05, 0.1) is 13.7 Å². The maximum atomic E-state index is 11.6. The highest BCUT2D eigenvalue weighted by molar-refractivity contribution is 5.98. The van der Waals surface area contributed by atoms with Crippen LogP contribution < -0.4 is 10.5 Å². The number of anilines is 1. The van der Waals surface area contributed by atoms with Crippen molar-refractivity contribution in [3.63, 3.8) is 0 Å². The van der Waals surface area contributed by atoms with Crippen molar-refractivity contribution in [2.75, 3.05) is 19.5 Å². The standard InChI is InChI=1S/C11H15NO3/c1-3-7-15-11(13)10-8(12)5-4-6-9(10)14-2/h4-6H,3,7,12H2,1-2H3. The van der Waals surface area contributed by atoms with Crippen LogP contribution >= 0.6 is 0 Å². The van der Waals surface area contributed by atoms with Crippen LogP contribution in [0.25, 0.3) is 0 Å². The Morgan fingerprint density at radius 3 is 2.80 bits per heavy atom. The average Bonchev–Trinajstić information content (AvgIpc) is 2.25. The lowest BCUT2D eigenvalue weighted by molar-refractivity contribution is 0.0503. The molecule has 0 unspecified atom stereocenters. The molecule has 2 N–H and O–H groups in total. The van der Waals surface area contributed by atoms with Gasteiger partial charge in [-0.15, -0.1) is 0 Å². The Hall–Kier alpha value is -1.71. The van der Waals surface area contributed by atoms with E-state index in [9.17, 15) is 4.79 Å². The topological polar surface area (TPSA) is 61.5 Å². The van der Waals surface area contributed by atoms with Gasteiger partial charge in [-0.1, -0.05) is 13.0 Å². The smallest absolute Gasteiger partial charge is 0.344 e. The molecule has 1 aromatic rings. The number of ether oxygens (including phenoxy) is 2. The Morgan fingerprint density at radius 2 is 2.20 bits per heavy atom. The van der Waals surface area contributed by atoms with Gasteiger partial charge in [0, 0.05) is 5.69 Å². The van der Waals surface area contributed by atoms with Gasteiger partial charge < -0.3 is 15.2 Å². The first-order chi connectivity index (χ1) is 7.20. The third-order valence-electron chi connectivity index (χ3n) is 1.92. The summed E-state index contributed by atoms with van der Waals surface area (Å²) >= 11 is 0. The minimum atomic E-state index is -0.438. The monoisotopic (exact) mass is 209 g/mol. The largest absolute Gasteiger partial charge is 0.496 e. The molecule has 0 aliphatic heterocycles. The molecule has 4 heteroatoms. The van der Waals surface area contributed by atoms with Crippen molar-refractivity contribution in [3.8, 4) is 5.75 Å². The van der Waals surface area contributed by atoms with Crippen molar-refractivity contribution in [3.05, 3.63) is 23.8 Å². The van der Waals surface area contributed by atoms with E-state index >= 15 is 0 Å². The third kappa shape index (κ3) is 2.62. The van der Waals surface area contributed by atoms with Gasteiger partial charge in [-0.2, -0.15) is 0 Å².